The van der Waals surface area contributed by atoms with Crippen LogP contribution in [0.2, 0.25) is 0 Å². The number of rotatable bonds is 54. The number of carbonyl (C=O) groups is 7. The number of nitrogens with one attached hydrogen (secondary N) is 3. The van der Waals surface area contributed by atoms with Gasteiger partial charge in [0.2, 0.25) is 17.7 Å². The molecule has 2 atom stereocenters. The Kier molecular flexibility index (Phi) is 47.2. The number of carboxylic acid groups (broad SMARTS) is 1. The van der Waals surface area contributed by atoms with Crippen molar-refractivity contribution >= 4 is 41.0 Å². The summed E-state index contributed by atoms with van der Waals surface area (Å²) >= 11 is 0. The van der Waals surface area contributed by atoms with Crippen molar-refractivity contribution in [2.24, 2.45) is 11.8 Å². The van der Waals surface area contributed by atoms with Crippen LogP contribution in [0.15, 0.2) is 0 Å². The molecule has 0 heterocycles. The van der Waals surface area contributed by atoms with Crippen LogP contribution >= 0.6 is 0 Å². The zero-order chi connectivity index (χ0) is 50.8. The second-order valence-corrected chi connectivity index (χ2v) is 17.9. The third kappa shape index (κ3) is 46.8. The lowest BCUT2D eigenvalue weighted by Crippen LogP contribution is -2.31. The highest BCUT2D eigenvalue weighted by molar-refractivity contribution is 5.84. The number of Topliss-reactive ketones (excluding diaryl/α,β-unsaturated/α-hetero) is 3. The fourth-order valence-corrected chi connectivity index (χ4v) is 7.46. The third-order valence-corrected chi connectivity index (χ3v) is 11.7. The second kappa shape index (κ2) is 49.6. The highest BCUT2D eigenvalue weighted by atomic mass is 16.5. The lowest BCUT2D eigenvalue weighted by atomic mass is 9.94. The number of hydrogen-bond donors (Lipinski definition) is 4. The van der Waals surface area contributed by atoms with E-state index < -0.39 is 11.9 Å². The van der Waals surface area contributed by atoms with Gasteiger partial charge >= 0.3 is 5.97 Å². The number of carbonyl (C=O) groups excluding carboxylic acids is 6. The first kappa shape index (κ1) is 65.7. The molecule has 0 aliphatic heterocycles. The van der Waals surface area contributed by atoms with Crippen molar-refractivity contribution in [3.8, 4) is 0 Å². The first-order valence-electron chi connectivity index (χ1n) is 26.5. The summed E-state index contributed by atoms with van der Waals surface area (Å²) in [5, 5.41) is 17.8. The van der Waals surface area contributed by atoms with E-state index in [-0.39, 0.29) is 139 Å². The van der Waals surface area contributed by atoms with Crippen molar-refractivity contribution in [3.63, 3.8) is 0 Å². The van der Waals surface area contributed by atoms with Crippen LogP contribution in [0, 0.1) is 11.8 Å². The molecule has 0 fully saturated rings. The molecular weight excluding hydrogens is 891 g/mol. The maximum Gasteiger partial charge on any atom is 0.306 e. The Labute approximate surface area is 415 Å². The van der Waals surface area contributed by atoms with Crippen molar-refractivity contribution < 1.29 is 67.1 Å². The molecular formula is C52H95N3O14. The van der Waals surface area contributed by atoms with E-state index in [4.69, 9.17) is 28.4 Å². The molecule has 0 unspecified atom stereocenters. The molecule has 3 amide bonds. The minimum absolute atomic E-state index is 0.0153. The Hall–Kier alpha value is -3.35. The van der Waals surface area contributed by atoms with Gasteiger partial charge in [-0.1, -0.05) is 110 Å². The van der Waals surface area contributed by atoms with Crippen molar-refractivity contribution in [2.45, 2.75) is 181 Å². The van der Waals surface area contributed by atoms with Gasteiger partial charge in [0.15, 0.2) is 5.78 Å². The van der Waals surface area contributed by atoms with Crippen LogP contribution in [-0.2, 0) is 62.0 Å². The summed E-state index contributed by atoms with van der Waals surface area (Å²) in [7, 11) is 0. The van der Waals surface area contributed by atoms with E-state index >= 15 is 0 Å². The Bertz CT molecular complexity index is 1320. The molecule has 4 N–H and O–H groups in total. The fourth-order valence-electron chi connectivity index (χ4n) is 7.46. The van der Waals surface area contributed by atoms with Crippen LogP contribution in [0.3, 0.4) is 0 Å². The van der Waals surface area contributed by atoms with Crippen LogP contribution in [0.4, 0.5) is 0 Å². The Morgan fingerprint density at radius 3 is 1.36 bits per heavy atom. The summed E-state index contributed by atoms with van der Waals surface area (Å²) in [6, 6.07) is 0. The first-order chi connectivity index (χ1) is 33.5. The minimum Gasteiger partial charge on any atom is -0.481 e. The molecule has 0 aliphatic carbocycles. The quantitative estimate of drug-likeness (QED) is 0.0440. The number of ether oxygens (including phenoxy) is 6. The summed E-state index contributed by atoms with van der Waals surface area (Å²) in [5.41, 5.74) is 0. The predicted octanol–water partition coefficient (Wildman–Crippen LogP) is 7.27. The smallest absolute Gasteiger partial charge is 0.306 e. The standard InChI is InChI=1S/C52H95N3O14/c1-4-6-7-8-9-10-11-12-13-14-15-16-17-18-19-24-47(57)40-46(52(62)63)26-27-49(59)54-29-32-65-35-37-67-41-48(58)25-22-31-64-34-38-68-43-51(61)55-30-33-66-36-39-69-42-50(60)53-28-21-20-23-45(5-2)44(3)56/h45-46H,4-43H2,1-3H3,(H,53,60)(H,54,59)(H,55,61)(H,62,63)/t45-,46+/m0/s1. The maximum absolute atomic E-state index is 12.5. The highest BCUT2D eigenvalue weighted by Gasteiger charge is 2.22. The van der Waals surface area contributed by atoms with Crippen molar-refractivity contribution in [1.82, 2.24) is 16.0 Å². The molecule has 0 aromatic heterocycles. The Balaban J connectivity index is 3.61. The SMILES string of the molecule is CCCCCCCCCCCCCCCCCC(=O)C[C@@H](CCC(=O)NCCOCCOCC(=O)CCCOCCOCC(=O)NCCOCCOCC(=O)NCCCC[C@H](CC)C(C)=O)C(=O)O. The maximum atomic E-state index is 12.5. The third-order valence-electron chi connectivity index (χ3n) is 11.7. The number of aliphatic carboxylic acids is 1. The van der Waals surface area contributed by atoms with Crippen LogP contribution in [0.25, 0.3) is 0 Å². The molecule has 0 radical (unpaired) electrons. The van der Waals surface area contributed by atoms with Gasteiger partial charge in [-0.15, -0.1) is 0 Å². The summed E-state index contributed by atoms with van der Waals surface area (Å²) < 4.78 is 32.3. The van der Waals surface area contributed by atoms with Gasteiger partial charge in [0.05, 0.1) is 58.8 Å². The van der Waals surface area contributed by atoms with Gasteiger partial charge in [-0.25, -0.2) is 0 Å². The zero-order valence-corrected chi connectivity index (χ0v) is 43.2. The number of amides is 3. The zero-order valence-electron chi connectivity index (χ0n) is 43.2. The topological polar surface area (TPSA) is 231 Å². The number of carboxylic acids is 1. The fraction of sp³-hybridized carbons (Fsp3) is 0.865. The molecule has 0 aliphatic rings. The number of unbranched alkanes of at least 4 members (excludes halogenated alkanes) is 15. The van der Waals surface area contributed by atoms with Crippen LogP contribution in [0.5, 0.6) is 0 Å². The molecule has 17 nitrogen and oxygen atoms in total. The Morgan fingerprint density at radius 1 is 0.406 bits per heavy atom. The summed E-state index contributed by atoms with van der Waals surface area (Å²) in [5.74, 6) is -2.51. The number of ketones is 3. The van der Waals surface area contributed by atoms with Gasteiger partial charge in [-0.05, 0) is 45.4 Å². The second-order valence-electron chi connectivity index (χ2n) is 17.9. The average molecular weight is 986 g/mol. The predicted molar refractivity (Wildman–Crippen MR) is 266 cm³/mol. The first-order valence-corrected chi connectivity index (χ1v) is 26.5. The molecule has 402 valence electrons. The molecule has 69 heavy (non-hydrogen) atoms. The van der Waals surface area contributed by atoms with E-state index in [2.05, 4.69) is 22.9 Å². The minimum atomic E-state index is -1.05. The van der Waals surface area contributed by atoms with Crippen molar-refractivity contribution in [2.75, 3.05) is 98.9 Å². The molecule has 0 rings (SSSR count). The van der Waals surface area contributed by atoms with Crippen molar-refractivity contribution in [1.29, 1.82) is 0 Å². The van der Waals surface area contributed by atoms with Gasteiger partial charge in [0, 0.05) is 57.8 Å². The van der Waals surface area contributed by atoms with Gasteiger partial charge in [0.25, 0.3) is 0 Å². The van der Waals surface area contributed by atoms with Gasteiger partial charge in [-0.2, -0.15) is 0 Å². The molecule has 0 aromatic carbocycles. The van der Waals surface area contributed by atoms with Gasteiger partial charge in [-0.3, -0.25) is 33.6 Å². The summed E-state index contributed by atoms with van der Waals surface area (Å²) in [6.45, 7) is 9.13. The summed E-state index contributed by atoms with van der Waals surface area (Å²) in [6.07, 6.45) is 23.4. The summed E-state index contributed by atoms with van der Waals surface area (Å²) in [4.78, 5) is 83.8. The van der Waals surface area contributed by atoms with E-state index in [0.717, 1.165) is 44.9 Å². The van der Waals surface area contributed by atoms with E-state index in [9.17, 15) is 38.7 Å². The van der Waals surface area contributed by atoms with E-state index in [1.54, 1.807) is 6.92 Å². The van der Waals surface area contributed by atoms with Crippen LogP contribution < -0.4 is 16.0 Å². The average Bonchev–Trinajstić information content (AvgIpc) is 3.32. The van der Waals surface area contributed by atoms with Crippen molar-refractivity contribution in [3.05, 3.63) is 0 Å². The molecule has 0 saturated heterocycles. The monoisotopic (exact) mass is 986 g/mol. The molecule has 0 saturated carbocycles. The largest absolute Gasteiger partial charge is 0.481 e. The Morgan fingerprint density at radius 2 is 0.855 bits per heavy atom. The van der Waals surface area contributed by atoms with Crippen LogP contribution in [-0.4, -0.2) is 145 Å². The van der Waals surface area contributed by atoms with Gasteiger partial charge in [0.1, 0.15) is 31.4 Å². The lowest BCUT2D eigenvalue weighted by molar-refractivity contribution is -0.144. The number of hydrogen-bond acceptors (Lipinski definition) is 13. The van der Waals surface area contributed by atoms with Crippen LogP contribution in [0.1, 0.15) is 181 Å². The lowest BCUT2D eigenvalue weighted by Gasteiger charge is -2.12. The van der Waals surface area contributed by atoms with E-state index in [1.165, 1.54) is 77.0 Å². The normalized spacial score (nSPS) is 12.1. The molecule has 17 heteroatoms. The molecule has 0 spiro atoms. The van der Waals surface area contributed by atoms with E-state index in [1.807, 2.05) is 6.92 Å². The highest BCUT2D eigenvalue weighted by Crippen LogP contribution is 2.17. The molecule has 0 aromatic rings. The van der Waals surface area contributed by atoms with E-state index in [0.29, 0.717) is 39.0 Å². The molecule has 0 bridgehead atoms. The van der Waals surface area contributed by atoms with Gasteiger partial charge < -0.3 is 49.5 Å².